The highest BCUT2D eigenvalue weighted by Gasteiger charge is 2.19. The van der Waals surface area contributed by atoms with E-state index in [1.165, 1.54) is 29.0 Å². The summed E-state index contributed by atoms with van der Waals surface area (Å²) < 4.78 is 41.0. The number of hydrogen-bond donors (Lipinski definition) is 2. The number of nitrogens with zero attached hydrogens (tertiary/aromatic N) is 2. The lowest BCUT2D eigenvalue weighted by atomic mass is 10.1. The van der Waals surface area contributed by atoms with Gasteiger partial charge in [0.25, 0.3) is 10.0 Å². The van der Waals surface area contributed by atoms with Crippen molar-refractivity contribution in [3.05, 3.63) is 64.4 Å². The molecule has 1 aromatic carbocycles. The molecule has 0 aliphatic rings. The molecule has 1 unspecified atom stereocenters. The Morgan fingerprint density at radius 1 is 1.19 bits per heavy atom. The predicted molar refractivity (Wildman–Crippen MR) is 100 cm³/mol. The molecule has 2 N–H and O–H groups in total. The number of hydrogen-bond acceptors (Lipinski definition) is 6. The molecule has 3 aromatic rings. The van der Waals surface area contributed by atoms with Crippen LogP contribution in [0.15, 0.2) is 52.3 Å². The van der Waals surface area contributed by atoms with Crippen LogP contribution in [0.3, 0.4) is 0 Å². The Bertz CT molecular complexity index is 1010. The molecule has 0 bridgehead atoms. The average molecular weight is 392 g/mol. The minimum Gasteiger partial charge on any atom is -0.377 e. The molecule has 0 amide bonds. The molecule has 136 valence electrons. The zero-order chi connectivity index (χ0) is 18.7. The van der Waals surface area contributed by atoms with Gasteiger partial charge in [-0.3, -0.25) is 4.72 Å². The fraction of sp³-hybridized carbons (Fsp3) is 0.176. The van der Waals surface area contributed by atoms with E-state index in [-0.39, 0.29) is 22.7 Å². The maximum absolute atomic E-state index is 13.9. The molecule has 0 saturated carbocycles. The number of thiazole rings is 1. The van der Waals surface area contributed by atoms with Crippen LogP contribution in [0.1, 0.15) is 24.2 Å². The second-order valence-electron chi connectivity index (χ2n) is 5.65. The molecule has 0 fully saturated rings. The fourth-order valence-corrected chi connectivity index (χ4v) is 3.98. The maximum atomic E-state index is 13.9. The second kappa shape index (κ2) is 7.38. The molecule has 1 atom stereocenters. The van der Waals surface area contributed by atoms with Gasteiger partial charge in [0.1, 0.15) is 5.82 Å². The lowest BCUT2D eigenvalue weighted by Gasteiger charge is -2.18. The van der Waals surface area contributed by atoms with Gasteiger partial charge in [0.2, 0.25) is 0 Å². The molecule has 0 radical (unpaired) electrons. The summed E-state index contributed by atoms with van der Waals surface area (Å²) in [6, 6.07) is 9.22. The van der Waals surface area contributed by atoms with Gasteiger partial charge >= 0.3 is 0 Å². The smallest absolute Gasteiger partial charge is 0.280 e. The first kappa shape index (κ1) is 18.3. The summed E-state index contributed by atoms with van der Waals surface area (Å²) in [4.78, 5) is 8.06. The van der Waals surface area contributed by atoms with E-state index in [9.17, 15) is 12.8 Å². The van der Waals surface area contributed by atoms with Gasteiger partial charge < -0.3 is 5.32 Å². The summed E-state index contributed by atoms with van der Waals surface area (Å²) in [6.45, 7) is 3.52. The van der Waals surface area contributed by atoms with Crippen molar-refractivity contribution in [2.75, 3.05) is 10.0 Å². The van der Waals surface area contributed by atoms with Crippen LogP contribution in [0.25, 0.3) is 0 Å². The van der Waals surface area contributed by atoms with Gasteiger partial charge in [0.15, 0.2) is 10.8 Å². The van der Waals surface area contributed by atoms with Gasteiger partial charge in [0, 0.05) is 10.9 Å². The van der Waals surface area contributed by atoms with Gasteiger partial charge in [0.05, 0.1) is 22.9 Å². The first-order valence-electron chi connectivity index (χ1n) is 7.76. The van der Waals surface area contributed by atoms with Crippen LogP contribution in [0.5, 0.6) is 0 Å². The highest BCUT2D eigenvalue weighted by molar-refractivity contribution is 7.92. The standard InChI is InChI=1S/C17H17FN4O2S2/c1-11(13-5-3-4-6-14(13)18)20-15-7-8-17(21-12(15)2)26(23,24)22-16-9-25-10-19-16/h3-11,20,22H,1-2H3. The SMILES string of the molecule is Cc1nc(S(=O)(=O)Nc2cscn2)ccc1NC(C)c1ccccc1F. The van der Waals surface area contributed by atoms with Gasteiger partial charge in [-0.15, -0.1) is 11.3 Å². The molecule has 3 rings (SSSR count). The monoisotopic (exact) mass is 392 g/mol. The van der Waals surface area contributed by atoms with Crippen LogP contribution in [-0.4, -0.2) is 18.4 Å². The minimum absolute atomic E-state index is 0.105. The van der Waals surface area contributed by atoms with E-state index in [0.29, 0.717) is 16.9 Å². The molecular formula is C17H17FN4O2S2. The third kappa shape index (κ3) is 4.00. The van der Waals surface area contributed by atoms with Crippen molar-refractivity contribution in [1.82, 2.24) is 9.97 Å². The van der Waals surface area contributed by atoms with E-state index in [1.807, 2.05) is 6.92 Å². The molecule has 6 nitrogen and oxygen atoms in total. The number of nitrogens with one attached hydrogen (secondary N) is 2. The van der Waals surface area contributed by atoms with E-state index < -0.39 is 10.0 Å². The lowest BCUT2D eigenvalue weighted by molar-refractivity contribution is 0.597. The van der Waals surface area contributed by atoms with Gasteiger partial charge in [-0.2, -0.15) is 8.42 Å². The summed E-state index contributed by atoms with van der Waals surface area (Å²) in [5.41, 5.74) is 3.18. The van der Waals surface area contributed by atoms with Crippen LogP contribution in [-0.2, 0) is 10.0 Å². The number of pyridine rings is 1. The van der Waals surface area contributed by atoms with Crippen molar-refractivity contribution in [2.45, 2.75) is 24.9 Å². The number of aryl methyl sites for hydroxylation is 1. The van der Waals surface area contributed by atoms with Gasteiger partial charge in [-0.25, -0.2) is 14.4 Å². The molecular weight excluding hydrogens is 375 g/mol. The minimum atomic E-state index is -3.81. The molecule has 2 aromatic heterocycles. The van der Waals surface area contributed by atoms with E-state index in [0.717, 1.165) is 0 Å². The number of aromatic nitrogens is 2. The third-order valence-corrected chi connectivity index (χ3v) is 5.59. The average Bonchev–Trinajstić information content (AvgIpc) is 3.09. The van der Waals surface area contributed by atoms with E-state index >= 15 is 0 Å². The zero-order valence-corrected chi connectivity index (χ0v) is 15.7. The Kier molecular flexibility index (Phi) is 5.19. The van der Waals surface area contributed by atoms with Crippen LogP contribution >= 0.6 is 11.3 Å². The summed E-state index contributed by atoms with van der Waals surface area (Å²) in [5.74, 6) is -0.0467. The molecule has 0 saturated heterocycles. The lowest BCUT2D eigenvalue weighted by Crippen LogP contribution is -2.16. The van der Waals surface area contributed by atoms with Crippen LogP contribution < -0.4 is 10.0 Å². The molecule has 9 heteroatoms. The number of rotatable bonds is 6. The molecule has 0 spiro atoms. The van der Waals surface area contributed by atoms with Crippen molar-refractivity contribution in [2.24, 2.45) is 0 Å². The zero-order valence-electron chi connectivity index (χ0n) is 14.1. The summed E-state index contributed by atoms with van der Waals surface area (Å²) in [7, 11) is -3.81. The number of sulfonamides is 1. The van der Waals surface area contributed by atoms with Crippen molar-refractivity contribution < 1.29 is 12.8 Å². The highest BCUT2D eigenvalue weighted by atomic mass is 32.2. The van der Waals surface area contributed by atoms with Crippen LogP contribution in [0, 0.1) is 12.7 Å². The Morgan fingerprint density at radius 2 is 1.96 bits per heavy atom. The van der Waals surface area contributed by atoms with Crippen molar-refractivity contribution in [3.63, 3.8) is 0 Å². The summed E-state index contributed by atoms with van der Waals surface area (Å²) >= 11 is 1.29. The first-order valence-corrected chi connectivity index (χ1v) is 10.2. The van der Waals surface area contributed by atoms with Gasteiger partial charge in [-0.05, 0) is 32.0 Å². The van der Waals surface area contributed by atoms with Crippen molar-refractivity contribution in [1.29, 1.82) is 0 Å². The third-order valence-electron chi connectivity index (χ3n) is 3.75. The van der Waals surface area contributed by atoms with E-state index in [1.54, 1.807) is 36.6 Å². The Morgan fingerprint density at radius 3 is 2.62 bits per heavy atom. The van der Waals surface area contributed by atoms with E-state index in [4.69, 9.17) is 0 Å². The van der Waals surface area contributed by atoms with Crippen LogP contribution in [0.4, 0.5) is 15.9 Å². The number of halogens is 1. The predicted octanol–water partition coefficient (Wildman–Crippen LogP) is 3.96. The molecule has 0 aliphatic carbocycles. The normalized spacial score (nSPS) is 12.6. The van der Waals surface area contributed by atoms with Crippen LogP contribution in [0.2, 0.25) is 0 Å². The van der Waals surface area contributed by atoms with Gasteiger partial charge in [-0.1, -0.05) is 18.2 Å². The van der Waals surface area contributed by atoms with Crippen molar-refractivity contribution in [3.8, 4) is 0 Å². The molecule has 26 heavy (non-hydrogen) atoms. The number of anilines is 2. The van der Waals surface area contributed by atoms with E-state index in [2.05, 4.69) is 20.0 Å². The summed E-state index contributed by atoms with van der Waals surface area (Å²) in [6.07, 6.45) is 0. The van der Waals surface area contributed by atoms with Crippen molar-refractivity contribution >= 4 is 32.9 Å². The quantitative estimate of drug-likeness (QED) is 0.663. The topological polar surface area (TPSA) is 84.0 Å². The number of benzene rings is 1. The Hall–Kier alpha value is -2.52. The maximum Gasteiger partial charge on any atom is 0.280 e. The second-order valence-corrected chi connectivity index (χ2v) is 8.00. The first-order chi connectivity index (χ1) is 12.4. The Balaban J connectivity index is 1.80. The fourth-order valence-electron chi connectivity index (χ4n) is 2.43. The highest BCUT2D eigenvalue weighted by Crippen LogP contribution is 2.24. The summed E-state index contributed by atoms with van der Waals surface area (Å²) in [5, 5.41) is 4.65. The molecule has 0 aliphatic heterocycles. The molecule has 2 heterocycles. The Labute approximate surface area is 155 Å². The largest absolute Gasteiger partial charge is 0.377 e.